The average molecular weight is 226 g/mol. The Kier molecular flexibility index (Phi) is 4.31. The van der Waals surface area contributed by atoms with Crippen LogP contribution in [-0.2, 0) is 9.53 Å². The Labute approximate surface area is 93.7 Å². The van der Waals surface area contributed by atoms with Gasteiger partial charge >= 0.3 is 5.97 Å². The summed E-state index contributed by atoms with van der Waals surface area (Å²) < 4.78 is 4.50. The zero-order valence-corrected chi connectivity index (χ0v) is 9.41. The first-order chi connectivity index (χ1) is 7.13. The van der Waals surface area contributed by atoms with Gasteiger partial charge < -0.3 is 4.74 Å². The molecule has 0 amide bonds. The van der Waals surface area contributed by atoms with Gasteiger partial charge in [0.05, 0.1) is 13.5 Å². The lowest BCUT2D eigenvalue weighted by Gasteiger charge is -1.98. The Morgan fingerprint density at radius 2 is 2.40 bits per heavy atom. The highest BCUT2D eigenvalue weighted by Gasteiger charge is 1.99. The number of pyridine rings is 1. The topological polar surface area (TPSA) is 39.2 Å². The number of hydrogen-bond donors (Lipinski definition) is 0. The van der Waals surface area contributed by atoms with Crippen molar-refractivity contribution in [3.05, 3.63) is 34.6 Å². The van der Waals surface area contributed by atoms with Crippen molar-refractivity contribution < 1.29 is 9.53 Å². The summed E-state index contributed by atoms with van der Waals surface area (Å²) >= 11 is 5.87. The van der Waals surface area contributed by atoms with Gasteiger partial charge in [-0.2, -0.15) is 0 Å². The van der Waals surface area contributed by atoms with Crippen LogP contribution in [-0.4, -0.2) is 18.1 Å². The number of rotatable bonds is 3. The lowest BCUT2D eigenvalue weighted by atomic mass is 10.2. The Morgan fingerprint density at radius 1 is 1.67 bits per heavy atom. The Balaban J connectivity index is 2.71. The molecule has 1 heterocycles. The molecule has 1 aromatic rings. The van der Waals surface area contributed by atoms with E-state index >= 15 is 0 Å². The van der Waals surface area contributed by atoms with Crippen LogP contribution in [0.25, 0.3) is 6.08 Å². The molecule has 0 fully saturated rings. The summed E-state index contributed by atoms with van der Waals surface area (Å²) in [7, 11) is 1.36. The molecule has 0 bridgehead atoms. The molecule has 1 aromatic heterocycles. The van der Waals surface area contributed by atoms with E-state index in [1.54, 1.807) is 18.3 Å². The molecule has 0 saturated carbocycles. The number of nitrogens with zero attached hydrogens (tertiary/aromatic N) is 1. The van der Waals surface area contributed by atoms with Crippen LogP contribution in [0.1, 0.15) is 17.5 Å². The molecule has 3 nitrogen and oxygen atoms in total. The summed E-state index contributed by atoms with van der Waals surface area (Å²) in [4.78, 5) is 14.8. The summed E-state index contributed by atoms with van der Waals surface area (Å²) in [6.45, 7) is 1.93. The number of aryl methyl sites for hydroxylation is 1. The van der Waals surface area contributed by atoms with E-state index in [1.807, 2.05) is 13.0 Å². The van der Waals surface area contributed by atoms with E-state index in [2.05, 4.69) is 9.72 Å². The molecule has 0 saturated heterocycles. The van der Waals surface area contributed by atoms with Crippen LogP contribution >= 0.6 is 11.6 Å². The number of ether oxygens (including phenoxy) is 1. The maximum atomic E-state index is 10.8. The minimum absolute atomic E-state index is 0.237. The average Bonchev–Trinajstić information content (AvgIpc) is 2.23. The first-order valence-electron chi connectivity index (χ1n) is 4.49. The van der Waals surface area contributed by atoms with E-state index in [9.17, 15) is 4.79 Å². The van der Waals surface area contributed by atoms with Gasteiger partial charge in [-0.05, 0) is 18.6 Å². The van der Waals surface area contributed by atoms with Crippen molar-refractivity contribution in [2.45, 2.75) is 13.3 Å². The Hall–Kier alpha value is -1.35. The first kappa shape index (κ1) is 11.7. The smallest absolute Gasteiger partial charge is 0.309 e. The molecular weight excluding hydrogens is 214 g/mol. The van der Waals surface area contributed by atoms with Crippen LogP contribution in [0.5, 0.6) is 0 Å². The normalized spacial score (nSPS) is 10.6. The maximum absolute atomic E-state index is 10.8. The van der Waals surface area contributed by atoms with Crippen LogP contribution in [0.2, 0.25) is 5.15 Å². The zero-order valence-electron chi connectivity index (χ0n) is 8.66. The molecule has 0 aliphatic rings. The number of methoxy groups -OCH3 is 1. The van der Waals surface area contributed by atoms with E-state index < -0.39 is 0 Å². The lowest BCUT2D eigenvalue weighted by molar-refractivity contribution is -0.139. The Bertz CT molecular complexity index is 388. The molecule has 15 heavy (non-hydrogen) atoms. The summed E-state index contributed by atoms with van der Waals surface area (Å²) in [6.07, 6.45) is 5.40. The van der Waals surface area contributed by atoms with Gasteiger partial charge in [0.15, 0.2) is 0 Å². The Morgan fingerprint density at radius 3 is 3.07 bits per heavy atom. The minimum atomic E-state index is -0.275. The van der Waals surface area contributed by atoms with Gasteiger partial charge in [-0.25, -0.2) is 4.98 Å². The molecule has 0 aliphatic heterocycles. The van der Waals surface area contributed by atoms with Crippen molar-refractivity contribution in [3.8, 4) is 0 Å². The van der Waals surface area contributed by atoms with Crippen molar-refractivity contribution in [1.82, 2.24) is 4.98 Å². The molecule has 4 heteroatoms. The minimum Gasteiger partial charge on any atom is -0.469 e. The zero-order chi connectivity index (χ0) is 11.3. The molecule has 0 unspecified atom stereocenters. The van der Waals surface area contributed by atoms with Gasteiger partial charge in [0.25, 0.3) is 0 Å². The molecule has 1 rings (SSSR count). The van der Waals surface area contributed by atoms with Crippen LogP contribution in [0.4, 0.5) is 0 Å². The van der Waals surface area contributed by atoms with Crippen molar-refractivity contribution >= 4 is 23.6 Å². The monoisotopic (exact) mass is 225 g/mol. The third-order valence-electron chi connectivity index (χ3n) is 1.81. The van der Waals surface area contributed by atoms with E-state index in [4.69, 9.17) is 11.6 Å². The second kappa shape index (κ2) is 5.51. The fraction of sp³-hybridized carbons (Fsp3) is 0.273. The molecule has 0 atom stereocenters. The highest BCUT2D eigenvalue weighted by Crippen LogP contribution is 2.15. The summed E-state index contributed by atoms with van der Waals surface area (Å²) in [5, 5.41) is 0.432. The summed E-state index contributed by atoms with van der Waals surface area (Å²) in [5.74, 6) is -0.275. The van der Waals surface area contributed by atoms with Gasteiger partial charge in [-0.1, -0.05) is 23.8 Å². The van der Waals surface area contributed by atoms with E-state index in [0.29, 0.717) is 5.15 Å². The van der Waals surface area contributed by atoms with Crippen molar-refractivity contribution in [2.75, 3.05) is 7.11 Å². The molecular formula is C11H12ClNO2. The fourth-order valence-electron chi connectivity index (χ4n) is 1.06. The van der Waals surface area contributed by atoms with Gasteiger partial charge in [0, 0.05) is 11.8 Å². The van der Waals surface area contributed by atoms with Crippen LogP contribution < -0.4 is 0 Å². The van der Waals surface area contributed by atoms with Gasteiger partial charge in [-0.3, -0.25) is 4.79 Å². The van der Waals surface area contributed by atoms with E-state index in [-0.39, 0.29) is 12.4 Å². The number of carbonyl (C=O) groups excluding carboxylic acids is 1. The number of halogens is 1. The molecule has 0 aliphatic carbocycles. The van der Waals surface area contributed by atoms with Crippen molar-refractivity contribution in [1.29, 1.82) is 0 Å². The lowest BCUT2D eigenvalue weighted by Crippen LogP contribution is -1.96. The highest BCUT2D eigenvalue weighted by molar-refractivity contribution is 6.30. The predicted octanol–water partition coefficient (Wildman–Crippen LogP) is 2.62. The number of esters is 1. The number of aromatic nitrogens is 1. The van der Waals surface area contributed by atoms with Gasteiger partial charge in [0.1, 0.15) is 5.15 Å². The second-order valence-electron chi connectivity index (χ2n) is 3.08. The van der Waals surface area contributed by atoms with E-state index in [0.717, 1.165) is 11.1 Å². The van der Waals surface area contributed by atoms with Crippen LogP contribution in [0, 0.1) is 6.92 Å². The van der Waals surface area contributed by atoms with Crippen LogP contribution in [0.3, 0.4) is 0 Å². The first-order valence-corrected chi connectivity index (χ1v) is 4.87. The molecule has 0 aromatic carbocycles. The second-order valence-corrected chi connectivity index (χ2v) is 3.43. The third kappa shape index (κ3) is 3.72. The SMILES string of the molecule is COC(=O)CC=Cc1cc(C)cnc1Cl. The largest absolute Gasteiger partial charge is 0.469 e. The number of hydrogen-bond acceptors (Lipinski definition) is 3. The van der Waals surface area contributed by atoms with Crippen molar-refractivity contribution in [2.24, 2.45) is 0 Å². The highest BCUT2D eigenvalue weighted by atomic mass is 35.5. The quantitative estimate of drug-likeness (QED) is 0.586. The predicted molar refractivity (Wildman–Crippen MR) is 59.7 cm³/mol. The van der Waals surface area contributed by atoms with Crippen molar-refractivity contribution in [3.63, 3.8) is 0 Å². The summed E-state index contributed by atoms with van der Waals surface area (Å²) in [5.41, 5.74) is 1.83. The van der Waals surface area contributed by atoms with Gasteiger partial charge in [0.2, 0.25) is 0 Å². The fourth-order valence-corrected chi connectivity index (χ4v) is 1.22. The molecule has 80 valence electrons. The van der Waals surface area contributed by atoms with Crippen LogP contribution in [0.15, 0.2) is 18.3 Å². The molecule has 0 N–H and O–H groups in total. The molecule has 0 radical (unpaired) electrons. The standard InChI is InChI=1S/C11H12ClNO2/c1-8-6-9(11(12)13-7-8)4-3-5-10(14)15-2/h3-4,6-7H,5H2,1-2H3. The number of carbonyl (C=O) groups is 1. The molecule has 0 spiro atoms. The van der Waals surface area contributed by atoms with E-state index in [1.165, 1.54) is 7.11 Å². The van der Waals surface area contributed by atoms with Gasteiger partial charge in [-0.15, -0.1) is 0 Å². The maximum Gasteiger partial charge on any atom is 0.309 e. The third-order valence-corrected chi connectivity index (χ3v) is 2.13. The summed E-state index contributed by atoms with van der Waals surface area (Å²) in [6, 6.07) is 1.91.